The molecule has 7 heteroatoms. The second-order valence-corrected chi connectivity index (χ2v) is 5.97. The van der Waals surface area contributed by atoms with Crippen LogP contribution in [-0.4, -0.2) is 21.4 Å². The number of rotatable bonds is 5. The van der Waals surface area contributed by atoms with Crippen LogP contribution in [0.2, 0.25) is 0 Å². The Kier molecular flexibility index (Phi) is 4.93. The van der Waals surface area contributed by atoms with Crippen molar-refractivity contribution in [3.05, 3.63) is 15.8 Å². The minimum atomic E-state index is -0.459. The molecule has 1 aromatic rings. The third kappa shape index (κ3) is 4.03. The first kappa shape index (κ1) is 15.5. The SMILES string of the molecule is Cc1nc(N)nc(NCCC2CCCC(C)C2)c1[N+](=O)[O-]. The highest BCUT2D eigenvalue weighted by atomic mass is 16.6. The summed E-state index contributed by atoms with van der Waals surface area (Å²) in [7, 11) is 0. The lowest BCUT2D eigenvalue weighted by Gasteiger charge is -2.26. The molecule has 1 saturated carbocycles. The van der Waals surface area contributed by atoms with Gasteiger partial charge in [-0.25, -0.2) is 4.98 Å². The third-order valence-electron chi connectivity index (χ3n) is 4.15. The summed E-state index contributed by atoms with van der Waals surface area (Å²) >= 11 is 0. The molecular weight excluding hydrogens is 270 g/mol. The summed E-state index contributed by atoms with van der Waals surface area (Å²) in [6.07, 6.45) is 6.10. The van der Waals surface area contributed by atoms with E-state index in [1.54, 1.807) is 6.92 Å². The standard InChI is InChI=1S/C14H23N5O2/c1-9-4-3-5-11(8-9)6-7-16-13-12(19(20)21)10(2)17-14(15)18-13/h9,11H,3-8H2,1-2H3,(H3,15,16,17,18). The van der Waals surface area contributed by atoms with E-state index in [4.69, 9.17) is 5.73 Å². The molecule has 21 heavy (non-hydrogen) atoms. The number of aryl methyl sites for hydroxylation is 1. The maximum atomic E-state index is 11.1. The second-order valence-electron chi connectivity index (χ2n) is 5.97. The average Bonchev–Trinajstić information content (AvgIpc) is 2.37. The van der Waals surface area contributed by atoms with Crippen molar-refractivity contribution in [2.45, 2.75) is 46.0 Å². The largest absolute Gasteiger partial charge is 0.368 e. The highest BCUT2D eigenvalue weighted by Crippen LogP contribution is 2.31. The van der Waals surface area contributed by atoms with Gasteiger partial charge in [-0.1, -0.05) is 26.2 Å². The van der Waals surface area contributed by atoms with Crippen molar-refractivity contribution in [3.8, 4) is 0 Å². The third-order valence-corrected chi connectivity index (χ3v) is 4.15. The Labute approximate surface area is 124 Å². The van der Waals surface area contributed by atoms with E-state index in [2.05, 4.69) is 22.2 Å². The molecule has 0 amide bonds. The topological polar surface area (TPSA) is 107 Å². The summed E-state index contributed by atoms with van der Waals surface area (Å²) in [5.41, 5.74) is 5.79. The van der Waals surface area contributed by atoms with Crippen molar-refractivity contribution in [2.75, 3.05) is 17.6 Å². The van der Waals surface area contributed by atoms with Crippen LogP contribution in [0.25, 0.3) is 0 Å². The molecule has 1 aliphatic carbocycles. The van der Waals surface area contributed by atoms with Gasteiger partial charge in [-0.2, -0.15) is 4.98 Å². The lowest BCUT2D eigenvalue weighted by atomic mass is 9.81. The van der Waals surface area contributed by atoms with Crippen LogP contribution >= 0.6 is 0 Å². The van der Waals surface area contributed by atoms with Gasteiger partial charge in [-0.05, 0) is 31.6 Å². The summed E-state index contributed by atoms with van der Waals surface area (Å²) in [4.78, 5) is 18.5. The number of hydrogen-bond acceptors (Lipinski definition) is 6. The Morgan fingerprint density at radius 1 is 1.43 bits per heavy atom. The van der Waals surface area contributed by atoms with Crippen molar-refractivity contribution < 1.29 is 4.92 Å². The fourth-order valence-electron chi connectivity index (χ4n) is 3.15. The van der Waals surface area contributed by atoms with Crippen LogP contribution in [-0.2, 0) is 0 Å². The molecule has 1 fully saturated rings. The lowest BCUT2D eigenvalue weighted by Crippen LogP contribution is -2.17. The molecule has 2 unspecified atom stereocenters. The number of nitro groups is 1. The van der Waals surface area contributed by atoms with Crippen LogP contribution in [0.5, 0.6) is 0 Å². The van der Waals surface area contributed by atoms with Crippen molar-refractivity contribution in [3.63, 3.8) is 0 Å². The number of anilines is 2. The number of nitrogens with zero attached hydrogens (tertiary/aromatic N) is 3. The quantitative estimate of drug-likeness (QED) is 0.638. The molecule has 1 aromatic heterocycles. The number of aromatic nitrogens is 2. The Bertz CT molecular complexity index is 520. The van der Waals surface area contributed by atoms with Gasteiger partial charge in [0.25, 0.3) is 0 Å². The predicted molar refractivity (Wildman–Crippen MR) is 82.1 cm³/mol. The highest BCUT2D eigenvalue weighted by Gasteiger charge is 2.22. The number of hydrogen-bond donors (Lipinski definition) is 2. The average molecular weight is 293 g/mol. The fraction of sp³-hybridized carbons (Fsp3) is 0.714. The van der Waals surface area contributed by atoms with Gasteiger partial charge in [-0.3, -0.25) is 10.1 Å². The van der Waals surface area contributed by atoms with E-state index in [1.165, 1.54) is 25.7 Å². The molecule has 3 N–H and O–H groups in total. The van der Waals surface area contributed by atoms with Crippen molar-refractivity contribution in [2.24, 2.45) is 11.8 Å². The second kappa shape index (κ2) is 6.69. The van der Waals surface area contributed by atoms with Crippen molar-refractivity contribution in [1.29, 1.82) is 0 Å². The Morgan fingerprint density at radius 3 is 2.86 bits per heavy atom. The van der Waals surface area contributed by atoms with Gasteiger partial charge in [0.05, 0.1) is 4.92 Å². The molecule has 0 saturated heterocycles. The van der Waals surface area contributed by atoms with Gasteiger partial charge in [-0.15, -0.1) is 0 Å². The van der Waals surface area contributed by atoms with Crippen LogP contribution in [0.4, 0.5) is 17.5 Å². The van der Waals surface area contributed by atoms with Gasteiger partial charge < -0.3 is 11.1 Å². The monoisotopic (exact) mass is 293 g/mol. The molecule has 0 aromatic carbocycles. The van der Waals surface area contributed by atoms with Crippen LogP contribution in [0.3, 0.4) is 0 Å². The number of nitrogen functional groups attached to an aromatic ring is 1. The zero-order valence-electron chi connectivity index (χ0n) is 12.6. The van der Waals surface area contributed by atoms with Crippen LogP contribution in [0.1, 0.15) is 44.7 Å². The first-order valence-corrected chi connectivity index (χ1v) is 7.49. The Balaban J connectivity index is 1.98. The first-order valence-electron chi connectivity index (χ1n) is 7.49. The molecule has 0 radical (unpaired) electrons. The van der Waals surface area contributed by atoms with E-state index in [9.17, 15) is 10.1 Å². The Hall–Kier alpha value is -1.92. The maximum absolute atomic E-state index is 11.1. The fourth-order valence-corrected chi connectivity index (χ4v) is 3.15. The Morgan fingerprint density at radius 2 is 2.19 bits per heavy atom. The van der Waals surface area contributed by atoms with E-state index in [0.29, 0.717) is 18.2 Å². The van der Waals surface area contributed by atoms with Gasteiger partial charge in [0.15, 0.2) is 0 Å². The van der Waals surface area contributed by atoms with Gasteiger partial charge in [0.1, 0.15) is 5.69 Å². The van der Waals surface area contributed by atoms with Gasteiger partial charge in [0.2, 0.25) is 11.8 Å². The molecule has 116 valence electrons. The van der Waals surface area contributed by atoms with Crippen LogP contribution in [0.15, 0.2) is 0 Å². The number of nitrogens with two attached hydrogens (primary N) is 1. The molecule has 0 bridgehead atoms. The maximum Gasteiger partial charge on any atom is 0.332 e. The predicted octanol–water partition coefficient (Wildman–Crippen LogP) is 2.90. The van der Waals surface area contributed by atoms with Crippen molar-refractivity contribution >= 4 is 17.5 Å². The molecule has 7 nitrogen and oxygen atoms in total. The minimum absolute atomic E-state index is 0.0619. The van der Waals surface area contributed by atoms with Crippen LogP contribution in [0, 0.1) is 28.9 Å². The van der Waals surface area contributed by atoms with E-state index in [-0.39, 0.29) is 17.5 Å². The molecule has 0 spiro atoms. The summed E-state index contributed by atoms with van der Waals surface area (Å²) < 4.78 is 0. The van der Waals surface area contributed by atoms with Crippen LogP contribution < -0.4 is 11.1 Å². The first-order chi connectivity index (χ1) is 9.97. The highest BCUT2D eigenvalue weighted by molar-refractivity contribution is 5.60. The van der Waals surface area contributed by atoms with Gasteiger partial charge in [0, 0.05) is 6.54 Å². The van der Waals surface area contributed by atoms with E-state index in [1.807, 2.05) is 0 Å². The molecule has 1 heterocycles. The summed E-state index contributed by atoms with van der Waals surface area (Å²) in [6, 6.07) is 0. The zero-order valence-corrected chi connectivity index (χ0v) is 12.6. The minimum Gasteiger partial charge on any atom is -0.368 e. The molecule has 2 rings (SSSR count). The normalized spacial score (nSPS) is 22.0. The van der Waals surface area contributed by atoms with Gasteiger partial charge >= 0.3 is 5.69 Å². The molecular formula is C14H23N5O2. The summed E-state index contributed by atoms with van der Waals surface area (Å²) in [5.74, 6) is 1.77. The number of nitrogens with one attached hydrogen (secondary N) is 1. The van der Waals surface area contributed by atoms with E-state index < -0.39 is 4.92 Å². The smallest absolute Gasteiger partial charge is 0.332 e. The molecule has 0 aliphatic heterocycles. The van der Waals surface area contributed by atoms with Crippen molar-refractivity contribution in [1.82, 2.24) is 9.97 Å². The van der Waals surface area contributed by atoms with E-state index >= 15 is 0 Å². The molecule has 2 atom stereocenters. The van der Waals surface area contributed by atoms with E-state index in [0.717, 1.165) is 12.3 Å². The zero-order chi connectivity index (χ0) is 15.4. The lowest BCUT2D eigenvalue weighted by molar-refractivity contribution is -0.385. The summed E-state index contributed by atoms with van der Waals surface area (Å²) in [5, 5.41) is 14.2. The summed E-state index contributed by atoms with van der Waals surface area (Å²) in [6.45, 7) is 4.54. The molecule has 1 aliphatic rings.